The lowest BCUT2D eigenvalue weighted by Crippen LogP contribution is -2.29. The topological polar surface area (TPSA) is 70.7 Å². The van der Waals surface area contributed by atoms with Gasteiger partial charge in [-0.05, 0) is 30.4 Å². The van der Waals surface area contributed by atoms with Crippen LogP contribution in [0.3, 0.4) is 0 Å². The van der Waals surface area contributed by atoms with Crippen molar-refractivity contribution in [3.05, 3.63) is 65.7 Å². The van der Waals surface area contributed by atoms with Crippen LogP contribution < -0.4 is 5.32 Å². The molecule has 1 heterocycles. The number of aromatic nitrogens is 3. The Hall–Kier alpha value is -2.60. The number of aromatic amines is 1. The van der Waals surface area contributed by atoms with Crippen molar-refractivity contribution in [2.45, 2.75) is 42.6 Å². The van der Waals surface area contributed by atoms with Crippen LogP contribution in [0.15, 0.2) is 59.8 Å². The highest BCUT2D eigenvalue weighted by atomic mass is 32.2. The Morgan fingerprint density at radius 3 is 2.59 bits per heavy atom. The van der Waals surface area contributed by atoms with E-state index < -0.39 is 0 Å². The molecule has 1 fully saturated rings. The molecule has 1 aliphatic rings. The molecule has 1 saturated carbocycles. The van der Waals surface area contributed by atoms with Crippen molar-refractivity contribution in [1.82, 2.24) is 20.5 Å². The summed E-state index contributed by atoms with van der Waals surface area (Å²) in [5.74, 6) is 0.738. The second-order valence-electron chi connectivity index (χ2n) is 6.71. The van der Waals surface area contributed by atoms with Crippen molar-refractivity contribution in [1.29, 1.82) is 0 Å². The Kier molecular flexibility index (Phi) is 5.25. The maximum atomic E-state index is 12.7. The average Bonchev–Trinajstić information content (AvgIpc) is 3.40. The van der Waals surface area contributed by atoms with E-state index in [4.69, 9.17) is 0 Å². The first-order chi connectivity index (χ1) is 13.2. The first kappa shape index (κ1) is 17.8. The van der Waals surface area contributed by atoms with E-state index in [1.165, 1.54) is 17.3 Å². The smallest absolute Gasteiger partial charge is 0.238 e. The third kappa shape index (κ3) is 4.39. The minimum atomic E-state index is -0.363. The molecule has 27 heavy (non-hydrogen) atoms. The number of thioether (sulfide) groups is 1. The molecular weight excluding hydrogens is 356 g/mol. The van der Waals surface area contributed by atoms with Crippen LogP contribution in [0, 0.1) is 0 Å². The molecule has 1 amide bonds. The van der Waals surface area contributed by atoms with E-state index in [1.54, 1.807) is 0 Å². The monoisotopic (exact) mass is 378 g/mol. The second kappa shape index (κ2) is 7.96. The molecule has 2 aromatic carbocycles. The molecule has 2 N–H and O–H groups in total. The Balaban J connectivity index is 1.54. The SMILES string of the molecule is CCc1ccc(-c2nc(SC(C(=O)NC3CC3)c3ccccc3)n[nH]2)cc1. The number of hydrogen-bond donors (Lipinski definition) is 2. The van der Waals surface area contributed by atoms with E-state index in [9.17, 15) is 4.79 Å². The maximum absolute atomic E-state index is 12.7. The fourth-order valence-corrected chi connectivity index (χ4v) is 3.76. The summed E-state index contributed by atoms with van der Waals surface area (Å²) in [4.78, 5) is 17.3. The van der Waals surface area contributed by atoms with Crippen LogP contribution in [0.2, 0.25) is 0 Å². The van der Waals surface area contributed by atoms with E-state index >= 15 is 0 Å². The van der Waals surface area contributed by atoms with Gasteiger partial charge in [0.1, 0.15) is 5.25 Å². The van der Waals surface area contributed by atoms with Gasteiger partial charge in [0.2, 0.25) is 11.1 Å². The maximum Gasteiger partial charge on any atom is 0.238 e. The van der Waals surface area contributed by atoms with Gasteiger partial charge in [0.05, 0.1) is 0 Å². The zero-order valence-corrected chi connectivity index (χ0v) is 16.0. The third-order valence-electron chi connectivity index (χ3n) is 4.59. The molecule has 5 nitrogen and oxygen atoms in total. The average molecular weight is 379 g/mol. The third-order valence-corrected chi connectivity index (χ3v) is 5.70. The van der Waals surface area contributed by atoms with Crippen molar-refractivity contribution in [2.75, 3.05) is 0 Å². The predicted octanol–water partition coefficient (Wildman–Crippen LogP) is 4.15. The summed E-state index contributed by atoms with van der Waals surface area (Å²) in [6.07, 6.45) is 3.14. The van der Waals surface area contributed by atoms with E-state index in [2.05, 4.69) is 39.6 Å². The molecule has 1 unspecified atom stereocenters. The number of benzene rings is 2. The van der Waals surface area contributed by atoms with Gasteiger partial charge in [-0.1, -0.05) is 73.3 Å². The number of H-pyrrole nitrogens is 1. The number of aryl methyl sites for hydroxylation is 1. The molecule has 4 rings (SSSR count). The normalized spacial score (nSPS) is 14.7. The summed E-state index contributed by atoms with van der Waals surface area (Å²) in [5, 5.41) is 10.6. The van der Waals surface area contributed by atoms with Crippen LogP contribution >= 0.6 is 11.8 Å². The fraction of sp³-hybridized carbons (Fsp3) is 0.286. The minimum absolute atomic E-state index is 0.0207. The zero-order valence-electron chi connectivity index (χ0n) is 15.2. The molecule has 0 aliphatic heterocycles. The van der Waals surface area contributed by atoms with Gasteiger partial charge in [0.15, 0.2) is 5.82 Å². The lowest BCUT2D eigenvalue weighted by molar-refractivity contribution is -0.120. The minimum Gasteiger partial charge on any atom is -0.352 e. The standard InChI is InChI=1S/C21H22N4OS/c1-2-14-8-10-16(11-9-14)19-23-21(25-24-19)27-18(15-6-4-3-5-7-15)20(26)22-17-12-13-17/h3-11,17-18H,2,12-13H2,1H3,(H,22,26)(H,23,24,25). The summed E-state index contributed by atoms with van der Waals surface area (Å²) in [6, 6.07) is 18.4. The molecule has 0 saturated heterocycles. The first-order valence-electron chi connectivity index (χ1n) is 9.26. The van der Waals surface area contributed by atoms with Gasteiger partial charge in [0, 0.05) is 11.6 Å². The van der Waals surface area contributed by atoms with Gasteiger partial charge in [-0.2, -0.15) is 0 Å². The molecule has 6 heteroatoms. The first-order valence-corrected chi connectivity index (χ1v) is 10.1. The number of carbonyl (C=O) groups is 1. The fourth-order valence-electron chi connectivity index (χ4n) is 2.84. The van der Waals surface area contributed by atoms with Gasteiger partial charge < -0.3 is 5.32 Å². The lowest BCUT2D eigenvalue weighted by Gasteiger charge is -2.15. The largest absolute Gasteiger partial charge is 0.352 e. The van der Waals surface area contributed by atoms with E-state index in [0.29, 0.717) is 11.2 Å². The Morgan fingerprint density at radius 1 is 1.19 bits per heavy atom. The van der Waals surface area contributed by atoms with Crippen molar-refractivity contribution < 1.29 is 4.79 Å². The summed E-state index contributed by atoms with van der Waals surface area (Å²) in [7, 11) is 0. The molecule has 1 aliphatic carbocycles. The highest BCUT2D eigenvalue weighted by Crippen LogP contribution is 2.35. The van der Waals surface area contributed by atoms with Crippen molar-refractivity contribution >= 4 is 17.7 Å². The second-order valence-corrected chi connectivity index (χ2v) is 7.78. The number of nitrogens with zero attached hydrogens (tertiary/aromatic N) is 2. The number of nitrogens with one attached hydrogen (secondary N) is 2. The number of amides is 1. The molecule has 0 spiro atoms. The Morgan fingerprint density at radius 2 is 1.93 bits per heavy atom. The van der Waals surface area contributed by atoms with Crippen LogP contribution in [0.4, 0.5) is 0 Å². The van der Waals surface area contributed by atoms with Gasteiger partial charge in [0.25, 0.3) is 0 Å². The zero-order chi connectivity index (χ0) is 18.6. The summed E-state index contributed by atoms with van der Waals surface area (Å²) < 4.78 is 0. The summed E-state index contributed by atoms with van der Waals surface area (Å²) in [6.45, 7) is 2.13. The van der Waals surface area contributed by atoms with Crippen LogP contribution in [0.1, 0.15) is 36.1 Å². The van der Waals surface area contributed by atoms with Gasteiger partial charge in [-0.25, -0.2) is 4.98 Å². The van der Waals surface area contributed by atoms with Crippen molar-refractivity contribution in [2.24, 2.45) is 0 Å². The molecule has 0 bridgehead atoms. The van der Waals surface area contributed by atoms with Crippen LogP contribution in [0.25, 0.3) is 11.4 Å². The molecule has 1 atom stereocenters. The number of carbonyl (C=O) groups excluding carboxylic acids is 1. The lowest BCUT2D eigenvalue weighted by atomic mass is 10.1. The molecule has 0 radical (unpaired) electrons. The van der Waals surface area contributed by atoms with Gasteiger partial charge in [-0.3, -0.25) is 9.89 Å². The Bertz CT molecular complexity index is 903. The van der Waals surface area contributed by atoms with E-state index in [1.807, 2.05) is 42.5 Å². The Labute approximate surface area is 163 Å². The van der Waals surface area contributed by atoms with Crippen molar-refractivity contribution in [3.8, 4) is 11.4 Å². The number of rotatable bonds is 7. The van der Waals surface area contributed by atoms with Crippen LogP contribution in [0.5, 0.6) is 0 Å². The van der Waals surface area contributed by atoms with Crippen LogP contribution in [-0.4, -0.2) is 27.1 Å². The highest BCUT2D eigenvalue weighted by Gasteiger charge is 2.30. The molecule has 1 aromatic heterocycles. The van der Waals surface area contributed by atoms with E-state index in [0.717, 1.165) is 36.2 Å². The predicted molar refractivity (Wildman–Crippen MR) is 107 cm³/mol. The van der Waals surface area contributed by atoms with E-state index in [-0.39, 0.29) is 11.2 Å². The van der Waals surface area contributed by atoms with Crippen LogP contribution in [-0.2, 0) is 11.2 Å². The molecule has 3 aromatic rings. The van der Waals surface area contributed by atoms with Gasteiger partial charge in [-0.15, -0.1) is 5.10 Å². The summed E-state index contributed by atoms with van der Waals surface area (Å²) >= 11 is 1.38. The highest BCUT2D eigenvalue weighted by molar-refractivity contribution is 8.00. The van der Waals surface area contributed by atoms with Crippen molar-refractivity contribution in [3.63, 3.8) is 0 Å². The number of hydrogen-bond acceptors (Lipinski definition) is 4. The summed E-state index contributed by atoms with van der Waals surface area (Å²) in [5.41, 5.74) is 3.23. The van der Waals surface area contributed by atoms with Gasteiger partial charge >= 0.3 is 0 Å². The quantitative estimate of drug-likeness (QED) is 0.606. The molecule has 138 valence electrons. The molecular formula is C21H22N4OS.